The second kappa shape index (κ2) is 5.88. The summed E-state index contributed by atoms with van der Waals surface area (Å²) < 4.78 is 1.02. The van der Waals surface area contributed by atoms with E-state index in [0.29, 0.717) is 13.0 Å². The summed E-state index contributed by atoms with van der Waals surface area (Å²) in [5, 5.41) is 8.58. The molecule has 0 aliphatic carbocycles. The highest BCUT2D eigenvalue weighted by atomic mass is 79.9. The summed E-state index contributed by atoms with van der Waals surface area (Å²) in [5.41, 5.74) is 8.11. The molecule has 0 saturated carbocycles. The van der Waals surface area contributed by atoms with Crippen LogP contribution in [0.2, 0.25) is 0 Å². The van der Waals surface area contributed by atoms with Crippen LogP contribution in [0.1, 0.15) is 24.9 Å². The van der Waals surface area contributed by atoms with Gasteiger partial charge in [0.25, 0.3) is 0 Å². The fourth-order valence-corrected chi connectivity index (χ4v) is 1.92. The summed E-state index contributed by atoms with van der Waals surface area (Å²) in [6.07, 6.45) is 0.515. The summed E-state index contributed by atoms with van der Waals surface area (Å²) in [6.45, 7) is 2.68. The van der Waals surface area contributed by atoms with E-state index in [2.05, 4.69) is 26.9 Å². The van der Waals surface area contributed by atoms with E-state index in [-0.39, 0.29) is 6.04 Å². The van der Waals surface area contributed by atoms with Crippen molar-refractivity contribution in [1.29, 1.82) is 5.26 Å². The highest BCUT2D eigenvalue weighted by molar-refractivity contribution is 9.10. The van der Waals surface area contributed by atoms with E-state index in [1.54, 1.807) is 0 Å². The van der Waals surface area contributed by atoms with Gasteiger partial charge >= 0.3 is 0 Å². The van der Waals surface area contributed by atoms with Crippen molar-refractivity contribution in [3.63, 3.8) is 0 Å². The molecule has 1 aromatic rings. The first kappa shape index (κ1) is 13.0. The molecule has 0 aliphatic heterocycles. The molecule has 1 unspecified atom stereocenters. The zero-order valence-corrected chi connectivity index (χ0v) is 11.2. The lowest BCUT2D eigenvalue weighted by atomic mass is 10.1. The predicted molar refractivity (Wildman–Crippen MR) is 70.2 cm³/mol. The molecule has 86 valence electrons. The van der Waals surface area contributed by atoms with Crippen molar-refractivity contribution in [3.05, 3.63) is 28.2 Å². The molecule has 16 heavy (non-hydrogen) atoms. The molecule has 0 heterocycles. The van der Waals surface area contributed by atoms with Crippen LogP contribution < -0.4 is 10.6 Å². The Labute approximate surface area is 105 Å². The molecule has 1 atom stereocenters. The topological polar surface area (TPSA) is 53.0 Å². The predicted octanol–water partition coefficient (Wildman–Crippen LogP) is 2.82. The summed E-state index contributed by atoms with van der Waals surface area (Å²) in [7, 11) is 1.98. The Bertz CT molecular complexity index is 396. The molecule has 1 aromatic carbocycles. The third-order valence-electron chi connectivity index (χ3n) is 2.45. The minimum atomic E-state index is -0.00682. The number of nitriles is 1. The normalized spacial score (nSPS) is 11.9. The van der Waals surface area contributed by atoms with Crippen molar-refractivity contribution >= 4 is 21.6 Å². The van der Waals surface area contributed by atoms with Gasteiger partial charge in [0.1, 0.15) is 0 Å². The lowest BCUT2D eigenvalue weighted by Gasteiger charge is -2.23. The molecule has 0 radical (unpaired) electrons. The van der Waals surface area contributed by atoms with Crippen LogP contribution in [0.5, 0.6) is 0 Å². The number of rotatable bonds is 4. The molecular weight excluding hydrogens is 266 g/mol. The van der Waals surface area contributed by atoms with Gasteiger partial charge in [0, 0.05) is 29.8 Å². The van der Waals surface area contributed by atoms with Crippen molar-refractivity contribution in [2.24, 2.45) is 5.73 Å². The Morgan fingerprint density at radius 1 is 1.56 bits per heavy atom. The zero-order valence-electron chi connectivity index (χ0n) is 9.57. The molecule has 0 aliphatic rings. The zero-order chi connectivity index (χ0) is 12.1. The van der Waals surface area contributed by atoms with Crippen LogP contribution in [-0.4, -0.2) is 13.6 Å². The van der Waals surface area contributed by atoms with Crippen LogP contribution in [0, 0.1) is 11.3 Å². The first-order valence-electron chi connectivity index (χ1n) is 5.19. The number of hydrogen-bond acceptors (Lipinski definition) is 3. The van der Waals surface area contributed by atoms with Crippen molar-refractivity contribution < 1.29 is 0 Å². The molecular formula is C12H16BrN3. The molecule has 0 amide bonds. The van der Waals surface area contributed by atoms with Crippen LogP contribution in [0.4, 0.5) is 5.69 Å². The van der Waals surface area contributed by atoms with E-state index in [1.165, 1.54) is 0 Å². The fraction of sp³-hybridized carbons (Fsp3) is 0.417. The summed E-state index contributed by atoms with van der Waals surface area (Å²) in [4.78, 5) is 2.06. The maximum Gasteiger partial charge on any atom is 0.0640 e. The van der Waals surface area contributed by atoms with E-state index < -0.39 is 0 Å². The number of benzene rings is 1. The van der Waals surface area contributed by atoms with Gasteiger partial charge < -0.3 is 10.6 Å². The number of halogens is 1. The second-order valence-electron chi connectivity index (χ2n) is 3.82. The minimum absolute atomic E-state index is 0.00682. The monoisotopic (exact) mass is 281 g/mol. The molecule has 0 spiro atoms. The number of anilines is 1. The minimum Gasteiger partial charge on any atom is -0.373 e. The Morgan fingerprint density at radius 3 is 2.81 bits per heavy atom. The summed E-state index contributed by atoms with van der Waals surface area (Å²) in [5.74, 6) is 0. The van der Waals surface area contributed by atoms with Gasteiger partial charge in [-0.2, -0.15) is 5.26 Å². The van der Waals surface area contributed by atoms with Crippen LogP contribution in [0.3, 0.4) is 0 Å². The molecule has 2 N–H and O–H groups in total. The van der Waals surface area contributed by atoms with Crippen LogP contribution in [0.15, 0.2) is 22.7 Å². The van der Waals surface area contributed by atoms with E-state index in [4.69, 9.17) is 11.0 Å². The van der Waals surface area contributed by atoms with Gasteiger partial charge in [0.2, 0.25) is 0 Å². The first-order valence-corrected chi connectivity index (χ1v) is 5.98. The van der Waals surface area contributed by atoms with Crippen LogP contribution in [-0.2, 0) is 0 Å². The Kier molecular flexibility index (Phi) is 4.78. The number of nitrogens with zero attached hydrogens (tertiary/aromatic N) is 2. The summed E-state index contributed by atoms with van der Waals surface area (Å²) >= 11 is 3.45. The summed E-state index contributed by atoms with van der Waals surface area (Å²) in [6, 6.07) is 8.19. The van der Waals surface area contributed by atoms with Gasteiger partial charge in [-0.05, 0) is 24.6 Å². The third kappa shape index (κ3) is 3.22. The van der Waals surface area contributed by atoms with Crippen molar-refractivity contribution in [2.45, 2.75) is 19.4 Å². The highest BCUT2D eigenvalue weighted by Crippen LogP contribution is 2.28. The quantitative estimate of drug-likeness (QED) is 0.923. The highest BCUT2D eigenvalue weighted by Gasteiger charge is 2.10. The van der Waals surface area contributed by atoms with Gasteiger partial charge in [-0.25, -0.2) is 0 Å². The SMILES string of the molecule is CC(N)c1ccc(Br)cc1N(C)CCC#N. The van der Waals surface area contributed by atoms with Gasteiger partial charge in [-0.3, -0.25) is 0 Å². The standard InChI is InChI=1S/C12H16BrN3/c1-9(15)11-5-4-10(13)8-12(11)16(2)7-3-6-14/h4-5,8-9H,3,7,15H2,1-2H3. The molecule has 3 nitrogen and oxygen atoms in total. The molecule has 0 saturated heterocycles. The van der Waals surface area contributed by atoms with Gasteiger partial charge in [0.15, 0.2) is 0 Å². The molecule has 1 rings (SSSR count). The van der Waals surface area contributed by atoms with E-state index >= 15 is 0 Å². The molecule has 0 fully saturated rings. The Balaban J connectivity index is 3.00. The average molecular weight is 282 g/mol. The smallest absolute Gasteiger partial charge is 0.0640 e. The van der Waals surface area contributed by atoms with Crippen molar-refractivity contribution in [1.82, 2.24) is 0 Å². The maximum atomic E-state index is 8.58. The van der Waals surface area contributed by atoms with E-state index in [9.17, 15) is 0 Å². The van der Waals surface area contributed by atoms with Crippen molar-refractivity contribution in [2.75, 3.05) is 18.5 Å². The fourth-order valence-electron chi connectivity index (χ4n) is 1.57. The molecule has 4 heteroatoms. The van der Waals surface area contributed by atoms with E-state index in [1.807, 2.05) is 32.2 Å². The van der Waals surface area contributed by atoms with E-state index in [0.717, 1.165) is 15.7 Å². The van der Waals surface area contributed by atoms with Gasteiger partial charge in [-0.1, -0.05) is 22.0 Å². The lowest BCUT2D eigenvalue weighted by molar-refractivity contribution is 0.800. The Morgan fingerprint density at radius 2 is 2.25 bits per heavy atom. The Hall–Kier alpha value is -1.05. The lowest BCUT2D eigenvalue weighted by Crippen LogP contribution is -2.21. The molecule has 0 bridgehead atoms. The van der Waals surface area contributed by atoms with Gasteiger partial charge in [0.05, 0.1) is 12.5 Å². The first-order chi connectivity index (χ1) is 7.56. The van der Waals surface area contributed by atoms with Crippen LogP contribution >= 0.6 is 15.9 Å². The molecule has 0 aromatic heterocycles. The van der Waals surface area contributed by atoms with Crippen molar-refractivity contribution in [3.8, 4) is 6.07 Å². The largest absolute Gasteiger partial charge is 0.373 e. The third-order valence-corrected chi connectivity index (χ3v) is 2.95. The van der Waals surface area contributed by atoms with Crippen LogP contribution in [0.25, 0.3) is 0 Å². The van der Waals surface area contributed by atoms with Gasteiger partial charge in [-0.15, -0.1) is 0 Å². The maximum absolute atomic E-state index is 8.58. The average Bonchev–Trinajstić information content (AvgIpc) is 2.25. The second-order valence-corrected chi connectivity index (χ2v) is 4.74. The number of nitrogens with two attached hydrogens (primary N) is 1. The number of hydrogen-bond donors (Lipinski definition) is 1.